The zero-order chi connectivity index (χ0) is 19.1. The van der Waals surface area contributed by atoms with Crippen LogP contribution in [0.2, 0.25) is 0 Å². The van der Waals surface area contributed by atoms with Gasteiger partial charge in [-0.05, 0) is 22.0 Å². The highest BCUT2D eigenvalue weighted by Gasteiger charge is 2.34. The van der Waals surface area contributed by atoms with Gasteiger partial charge in [0.2, 0.25) is 0 Å². The molecule has 0 amide bonds. The lowest BCUT2D eigenvalue weighted by atomic mass is 9.67. The molecule has 0 saturated carbocycles. The van der Waals surface area contributed by atoms with Crippen molar-refractivity contribution in [1.82, 2.24) is 0 Å². The molecule has 0 aromatic rings. The maximum atomic E-state index is 6.42. The number of hydrogen-bond acceptors (Lipinski definition) is 0. The Kier molecular flexibility index (Phi) is 5.03. The van der Waals surface area contributed by atoms with E-state index >= 15 is 0 Å². The van der Waals surface area contributed by atoms with E-state index in [1.54, 1.807) is 0 Å². The van der Waals surface area contributed by atoms with Crippen LogP contribution < -0.4 is 0 Å². The van der Waals surface area contributed by atoms with Gasteiger partial charge in [-0.1, -0.05) is 116 Å². The van der Waals surface area contributed by atoms with Crippen LogP contribution in [0.4, 0.5) is 0 Å². The highest BCUT2D eigenvalue weighted by molar-refractivity contribution is 6.24. The van der Waals surface area contributed by atoms with Crippen molar-refractivity contribution in [1.29, 1.82) is 0 Å². The van der Waals surface area contributed by atoms with Crippen LogP contribution >= 0.6 is 0 Å². The summed E-state index contributed by atoms with van der Waals surface area (Å²) < 4.78 is 0. The fourth-order valence-corrected chi connectivity index (χ4v) is 2.93. The molecule has 0 heterocycles. The van der Waals surface area contributed by atoms with Crippen molar-refractivity contribution in [3.63, 3.8) is 0 Å². The van der Waals surface area contributed by atoms with Gasteiger partial charge in [-0.2, -0.15) is 0 Å². The summed E-state index contributed by atoms with van der Waals surface area (Å²) in [7, 11) is 6.42. The minimum Gasteiger partial charge on any atom is -0.0893 e. The van der Waals surface area contributed by atoms with Crippen molar-refractivity contribution in [2.24, 2.45) is 21.7 Å². The smallest absolute Gasteiger partial charge is 0.0893 e. The molecule has 2 aliphatic carbocycles. The molecule has 0 bridgehead atoms. The van der Waals surface area contributed by atoms with Crippen LogP contribution in [0.15, 0.2) is 71.3 Å². The van der Waals surface area contributed by atoms with Crippen LogP contribution in [-0.2, 0) is 0 Å². The molecular formula is C24H33B. The molecule has 0 nitrogen and oxygen atoms in total. The fourth-order valence-electron chi connectivity index (χ4n) is 2.93. The Morgan fingerprint density at radius 1 is 0.720 bits per heavy atom. The summed E-state index contributed by atoms with van der Waals surface area (Å²) >= 11 is 0. The largest absolute Gasteiger partial charge is 0.114 e. The van der Waals surface area contributed by atoms with Gasteiger partial charge in [-0.3, -0.25) is 0 Å². The van der Waals surface area contributed by atoms with E-state index in [0.717, 1.165) is 11.0 Å². The third-order valence-corrected chi connectivity index (χ3v) is 6.39. The fraction of sp³-hybridized carbons (Fsp3) is 0.500. The second-order valence-electron chi connectivity index (χ2n) is 9.92. The average Bonchev–Trinajstić information content (AvgIpc) is 2.75. The molecule has 2 aliphatic rings. The molecule has 25 heavy (non-hydrogen) atoms. The van der Waals surface area contributed by atoms with Crippen molar-refractivity contribution in [2.45, 2.75) is 55.4 Å². The van der Waals surface area contributed by atoms with Gasteiger partial charge in [0.15, 0.2) is 0 Å². The lowest BCUT2D eigenvalue weighted by Gasteiger charge is -2.37. The molecule has 0 spiro atoms. The molecule has 0 fully saturated rings. The molecule has 0 N–H and O–H groups in total. The van der Waals surface area contributed by atoms with Crippen molar-refractivity contribution < 1.29 is 0 Å². The first-order chi connectivity index (χ1) is 11.3. The summed E-state index contributed by atoms with van der Waals surface area (Å²) in [4.78, 5) is 0. The first-order valence-electron chi connectivity index (χ1n) is 9.26. The predicted octanol–water partition coefficient (Wildman–Crippen LogP) is 6.69. The predicted molar refractivity (Wildman–Crippen MR) is 113 cm³/mol. The maximum Gasteiger partial charge on any atom is 0.114 e. The summed E-state index contributed by atoms with van der Waals surface area (Å²) in [6.45, 7) is 18.2. The van der Waals surface area contributed by atoms with Gasteiger partial charge in [0, 0.05) is 10.8 Å². The average molecular weight is 332 g/mol. The van der Waals surface area contributed by atoms with E-state index in [9.17, 15) is 0 Å². The second kappa shape index (κ2) is 6.34. The molecule has 132 valence electrons. The number of rotatable bonds is 1. The zero-order valence-electron chi connectivity index (χ0n) is 17.3. The second-order valence-corrected chi connectivity index (χ2v) is 9.92. The van der Waals surface area contributed by atoms with Crippen LogP contribution in [0, 0.1) is 21.7 Å². The summed E-state index contributed by atoms with van der Waals surface area (Å²) in [5.41, 5.74) is 3.38. The first kappa shape index (κ1) is 19.8. The highest BCUT2D eigenvalue weighted by atomic mass is 14.4. The highest BCUT2D eigenvalue weighted by Crippen LogP contribution is 2.44. The summed E-state index contributed by atoms with van der Waals surface area (Å²) in [5, 5.41) is 0. The van der Waals surface area contributed by atoms with Gasteiger partial charge < -0.3 is 0 Å². The van der Waals surface area contributed by atoms with Gasteiger partial charge in [0.1, 0.15) is 7.85 Å². The van der Waals surface area contributed by atoms with Gasteiger partial charge in [0.25, 0.3) is 0 Å². The standard InChI is InChI=1S/C24H33B/c1-21(2,3)23(7)14-9-10-18(11-15-23)19-12-16-24(8,22(4,5)6)17-13-20(19)25/h9-17H,1-8H3. The Morgan fingerprint density at radius 2 is 1.20 bits per heavy atom. The summed E-state index contributed by atoms with van der Waals surface area (Å²) in [6, 6.07) is 0. The Morgan fingerprint density at radius 3 is 1.76 bits per heavy atom. The molecule has 2 radical (unpaired) electrons. The Bertz CT molecular complexity index is 710. The van der Waals surface area contributed by atoms with E-state index in [1.807, 2.05) is 0 Å². The third-order valence-electron chi connectivity index (χ3n) is 6.39. The normalized spacial score (nSPS) is 30.3. The van der Waals surface area contributed by atoms with E-state index in [-0.39, 0.29) is 21.7 Å². The number of hydrogen-bond donors (Lipinski definition) is 0. The topological polar surface area (TPSA) is 0 Å². The van der Waals surface area contributed by atoms with E-state index < -0.39 is 0 Å². The Balaban J connectivity index is 2.42. The van der Waals surface area contributed by atoms with Crippen molar-refractivity contribution in [3.05, 3.63) is 71.3 Å². The lowest BCUT2D eigenvalue weighted by Crippen LogP contribution is -2.28. The van der Waals surface area contributed by atoms with Crippen LogP contribution in [0.25, 0.3) is 0 Å². The zero-order valence-corrected chi connectivity index (χ0v) is 17.3. The summed E-state index contributed by atoms with van der Waals surface area (Å²) in [6.07, 6.45) is 20.0. The SMILES string of the molecule is [B]C1=C(C2=CC=CC(C)(C(C)(C)C)C=C2)C=CC(C)(C(C)(C)C)C=C1. The third kappa shape index (κ3) is 3.86. The quantitative estimate of drug-likeness (QED) is 0.469. The van der Waals surface area contributed by atoms with Crippen LogP contribution in [0.3, 0.4) is 0 Å². The monoisotopic (exact) mass is 332 g/mol. The van der Waals surface area contributed by atoms with E-state index in [2.05, 4.69) is 110 Å². The van der Waals surface area contributed by atoms with Gasteiger partial charge in [-0.25, -0.2) is 0 Å². The first-order valence-corrected chi connectivity index (χ1v) is 9.26. The molecule has 0 saturated heterocycles. The minimum absolute atomic E-state index is 0.0186. The van der Waals surface area contributed by atoms with Crippen LogP contribution in [0.1, 0.15) is 55.4 Å². The molecule has 0 aliphatic heterocycles. The Labute approximate surface area is 156 Å². The van der Waals surface area contributed by atoms with Crippen molar-refractivity contribution in [3.8, 4) is 0 Å². The minimum atomic E-state index is -0.0237. The maximum absolute atomic E-state index is 6.42. The van der Waals surface area contributed by atoms with Crippen molar-refractivity contribution in [2.75, 3.05) is 0 Å². The summed E-state index contributed by atoms with van der Waals surface area (Å²) in [5.74, 6) is 0. The van der Waals surface area contributed by atoms with Crippen molar-refractivity contribution >= 4 is 7.85 Å². The molecule has 2 atom stereocenters. The van der Waals surface area contributed by atoms with E-state index in [1.165, 1.54) is 5.57 Å². The lowest BCUT2D eigenvalue weighted by molar-refractivity contribution is 0.228. The molecule has 2 unspecified atom stereocenters. The van der Waals surface area contributed by atoms with E-state index in [0.29, 0.717) is 0 Å². The van der Waals surface area contributed by atoms with Gasteiger partial charge >= 0.3 is 0 Å². The van der Waals surface area contributed by atoms with Crippen LogP contribution in [0.5, 0.6) is 0 Å². The molecular weight excluding hydrogens is 299 g/mol. The van der Waals surface area contributed by atoms with Gasteiger partial charge in [-0.15, -0.1) is 0 Å². The molecule has 1 heteroatoms. The number of allylic oxidation sites excluding steroid dienone is 12. The van der Waals surface area contributed by atoms with Crippen LogP contribution in [-0.4, -0.2) is 7.85 Å². The van der Waals surface area contributed by atoms with Gasteiger partial charge in [0.05, 0.1) is 0 Å². The Hall–Kier alpha value is -1.50. The van der Waals surface area contributed by atoms with E-state index in [4.69, 9.17) is 7.85 Å². The molecule has 0 aromatic heterocycles. The molecule has 0 aromatic carbocycles. The molecule has 2 rings (SSSR count).